The van der Waals surface area contributed by atoms with Crippen molar-refractivity contribution in [3.05, 3.63) is 28.2 Å². The molecule has 0 bridgehead atoms. The highest BCUT2D eigenvalue weighted by molar-refractivity contribution is 6.42. The van der Waals surface area contributed by atoms with Gasteiger partial charge in [0.15, 0.2) is 0 Å². The Hall–Kier alpha value is -1.77. The van der Waals surface area contributed by atoms with Crippen molar-refractivity contribution in [3.63, 3.8) is 0 Å². The van der Waals surface area contributed by atoms with Crippen LogP contribution >= 0.6 is 23.2 Å². The summed E-state index contributed by atoms with van der Waals surface area (Å²) >= 11 is 11.4. The summed E-state index contributed by atoms with van der Waals surface area (Å²) in [6.07, 6.45) is 0. The Bertz CT molecular complexity index is 511. The fraction of sp³-hybridized carbons (Fsp3) is 0.100. The number of carbonyl (C=O) groups excluding carboxylic acids is 1. The third-order valence-corrected chi connectivity index (χ3v) is 2.56. The van der Waals surface area contributed by atoms with Gasteiger partial charge in [-0.05, 0) is 18.2 Å². The molecule has 17 heavy (non-hydrogen) atoms. The van der Waals surface area contributed by atoms with Crippen LogP contribution in [0.15, 0.2) is 18.2 Å². The number of aliphatic carboxylic acids is 1. The van der Waals surface area contributed by atoms with E-state index in [4.69, 9.17) is 33.6 Å². The van der Waals surface area contributed by atoms with Crippen molar-refractivity contribution >= 4 is 40.8 Å². The number of nitrogens with zero attached hydrogens (tertiary/aromatic N) is 1. The lowest BCUT2D eigenvalue weighted by Crippen LogP contribution is -2.28. The van der Waals surface area contributed by atoms with Gasteiger partial charge in [0.25, 0.3) is 5.91 Å². The molecule has 0 fully saturated rings. The number of anilines is 1. The Kier molecular flexibility index (Phi) is 4.32. The van der Waals surface area contributed by atoms with Gasteiger partial charge in [-0.2, -0.15) is 5.26 Å². The van der Waals surface area contributed by atoms with Crippen LogP contribution in [0.2, 0.25) is 10.0 Å². The van der Waals surface area contributed by atoms with Crippen molar-refractivity contribution in [1.29, 1.82) is 5.26 Å². The van der Waals surface area contributed by atoms with Gasteiger partial charge in [0, 0.05) is 5.69 Å². The number of halogens is 2. The lowest BCUT2D eigenvalue weighted by atomic mass is 10.1. The molecule has 0 heterocycles. The fourth-order valence-corrected chi connectivity index (χ4v) is 1.31. The van der Waals surface area contributed by atoms with Gasteiger partial charge in [-0.15, -0.1) is 0 Å². The zero-order valence-corrected chi connectivity index (χ0v) is 9.79. The van der Waals surface area contributed by atoms with E-state index in [2.05, 4.69) is 5.32 Å². The zero-order chi connectivity index (χ0) is 13.0. The number of hydrogen-bond donors (Lipinski definition) is 2. The Labute approximate surface area is 107 Å². The van der Waals surface area contributed by atoms with E-state index in [1.165, 1.54) is 24.3 Å². The van der Waals surface area contributed by atoms with Crippen LogP contribution in [0.3, 0.4) is 0 Å². The standard InChI is InChI=1S/C10H6Cl2N2O3/c11-7-2-1-5(3-8(7)12)14-9(15)6(4-13)10(16)17/h1-3,6H,(H,14,15)(H,16,17). The van der Waals surface area contributed by atoms with Gasteiger partial charge in [-0.25, -0.2) is 0 Å². The molecule has 0 saturated heterocycles. The Morgan fingerprint density at radius 1 is 1.35 bits per heavy atom. The fourth-order valence-electron chi connectivity index (χ4n) is 1.01. The smallest absolute Gasteiger partial charge is 0.330 e. The number of benzene rings is 1. The first kappa shape index (κ1) is 13.3. The predicted molar refractivity (Wildman–Crippen MR) is 61.8 cm³/mol. The van der Waals surface area contributed by atoms with Crippen LogP contribution in [0.25, 0.3) is 0 Å². The van der Waals surface area contributed by atoms with Gasteiger partial charge in [0.1, 0.15) is 0 Å². The van der Waals surface area contributed by atoms with Gasteiger partial charge in [0.05, 0.1) is 16.1 Å². The van der Waals surface area contributed by atoms with Crippen molar-refractivity contribution in [3.8, 4) is 6.07 Å². The van der Waals surface area contributed by atoms with Crippen LogP contribution in [0, 0.1) is 17.2 Å². The van der Waals surface area contributed by atoms with Gasteiger partial charge in [-0.3, -0.25) is 9.59 Å². The number of nitriles is 1. The highest BCUT2D eigenvalue weighted by Gasteiger charge is 2.25. The monoisotopic (exact) mass is 272 g/mol. The van der Waals surface area contributed by atoms with E-state index in [1.54, 1.807) is 0 Å². The normalized spacial score (nSPS) is 11.4. The van der Waals surface area contributed by atoms with Crippen molar-refractivity contribution < 1.29 is 14.7 Å². The van der Waals surface area contributed by atoms with Gasteiger partial charge in [-0.1, -0.05) is 23.2 Å². The molecule has 1 rings (SSSR count). The molecule has 2 N–H and O–H groups in total. The molecule has 1 aromatic rings. The molecule has 1 amide bonds. The van der Waals surface area contributed by atoms with Crippen molar-refractivity contribution in [2.45, 2.75) is 0 Å². The lowest BCUT2D eigenvalue weighted by Gasteiger charge is -2.07. The van der Waals surface area contributed by atoms with Crippen LogP contribution in [0.1, 0.15) is 0 Å². The maximum atomic E-state index is 11.4. The van der Waals surface area contributed by atoms with Gasteiger partial charge >= 0.3 is 5.97 Å². The molecule has 1 unspecified atom stereocenters. The highest BCUT2D eigenvalue weighted by Crippen LogP contribution is 2.25. The lowest BCUT2D eigenvalue weighted by molar-refractivity contribution is -0.143. The summed E-state index contributed by atoms with van der Waals surface area (Å²) in [6.45, 7) is 0. The van der Waals surface area contributed by atoms with Crippen LogP contribution in [0.4, 0.5) is 5.69 Å². The zero-order valence-electron chi connectivity index (χ0n) is 8.28. The molecular formula is C10H6Cl2N2O3. The minimum atomic E-state index is -1.76. The molecule has 0 saturated carbocycles. The third kappa shape index (κ3) is 3.34. The molecule has 7 heteroatoms. The number of amides is 1. The van der Waals surface area contributed by atoms with Crippen molar-refractivity contribution in [1.82, 2.24) is 0 Å². The maximum Gasteiger partial charge on any atom is 0.330 e. The first-order valence-electron chi connectivity index (χ1n) is 4.34. The molecular weight excluding hydrogens is 267 g/mol. The summed E-state index contributed by atoms with van der Waals surface area (Å²) in [4.78, 5) is 21.9. The molecule has 0 aromatic heterocycles. The van der Waals surface area contributed by atoms with E-state index in [1.807, 2.05) is 0 Å². The molecule has 1 atom stereocenters. The van der Waals surface area contributed by atoms with Crippen LogP contribution < -0.4 is 5.32 Å². The number of carboxylic acid groups (broad SMARTS) is 1. The van der Waals surface area contributed by atoms with Crippen molar-refractivity contribution in [2.24, 2.45) is 5.92 Å². The summed E-state index contributed by atoms with van der Waals surface area (Å²) in [5, 5.41) is 19.9. The third-order valence-electron chi connectivity index (χ3n) is 1.83. The summed E-state index contributed by atoms with van der Waals surface area (Å²) in [6, 6.07) is 5.63. The number of carboxylic acids is 1. The molecule has 0 aliphatic heterocycles. The predicted octanol–water partition coefficient (Wildman–Crippen LogP) is 2.16. The van der Waals surface area contributed by atoms with E-state index in [-0.39, 0.29) is 10.7 Å². The topological polar surface area (TPSA) is 90.2 Å². The first-order chi connectivity index (χ1) is 7.95. The van der Waals surface area contributed by atoms with E-state index < -0.39 is 17.8 Å². The van der Waals surface area contributed by atoms with E-state index in [0.717, 1.165) is 0 Å². The second-order valence-electron chi connectivity index (χ2n) is 3.02. The average Bonchev–Trinajstić information content (AvgIpc) is 2.24. The summed E-state index contributed by atoms with van der Waals surface area (Å²) in [5.41, 5.74) is 0.269. The summed E-state index contributed by atoms with van der Waals surface area (Å²) in [7, 11) is 0. The number of carbonyl (C=O) groups is 2. The van der Waals surface area contributed by atoms with Gasteiger partial charge < -0.3 is 10.4 Å². The maximum absolute atomic E-state index is 11.4. The molecule has 0 radical (unpaired) electrons. The number of hydrogen-bond acceptors (Lipinski definition) is 3. The highest BCUT2D eigenvalue weighted by atomic mass is 35.5. The van der Waals surface area contributed by atoms with E-state index >= 15 is 0 Å². The number of nitrogens with one attached hydrogen (secondary N) is 1. The van der Waals surface area contributed by atoms with E-state index in [9.17, 15) is 9.59 Å². The van der Waals surface area contributed by atoms with Crippen LogP contribution in [0.5, 0.6) is 0 Å². The Balaban J connectivity index is 2.85. The molecule has 0 spiro atoms. The Morgan fingerprint density at radius 3 is 2.47 bits per heavy atom. The molecule has 0 aliphatic rings. The molecule has 88 valence electrons. The second kappa shape index (κ2) is 5.53. The minimum Gasteiger partial charge on any atom is -0.480 e. The number of rotatable bonds is 3. The summed E-state index contributed by atoms with van der Waals surface area (Å²) in [5.74, 6) is -4.20. The first-order valence-corrected chi connectivity index (χ1v) is 5.09. The molecule has 1 aromatic carbocycles. The van der Waals surface area contributed by atoms with Crippen LogP contribution in [-0.4, -0.2) is 17.0 Å². The quantitative estimate of drug-likeness (QED) is 0.825. The molecule has 0 aliphatic carbocycles. The van der Waals surface area contributed by atoms with Gasteiger partial charge in [0.2, 0.25) is 5.92 Å². The Morgan fingerprint density at radius 2 is 2.00 bits per heavy atom. The molecule has 5 nitrogen and oxygen atoms in total. The SMILES string of the molecule is N#CC(C(=O)O)C(=O)Nc1ccc(Cl)c(Cl)c1. The second-order valence-corrected chi connectivity index (χ2v) is 3.83. The summed E-state index contributed by atoms with van der Waals surface area (Å²) < 4.78 is 0. The van der Waals surface area contributed by atoms with Crippen molar-refractivity contribution in [2.75, 3.05) is 5.32 Å². The van der Waals surface area contributed by atoms with Crippen LogP contribution in [-0.2, 0) is 9.59 Å². The largest absolute Gasteiger partial charge is 0.480 e. The van der Waals surface area contributed by atoms with E-state index in [0.29, 0.717) is 5.02 Å². The average molecular weight is 273 g/mol. The minimum absolute atomic E-state index is 0.216.